The number of unbranched alkanes of at least 4 members (excludes halogenated alkanes) is 7. The molecule has 0 radical (unpaired) electrons. The van der Waals surface area contributed by atoms with Crippen LogP contribution in [0, 0.1) is 5.92 Å². The molecule has 1 N–H and O–H groups in total. The van der Waals surface area contributed by atoms with Gasteiger partial charge in [0.05, 0.1) is 24.7 Å². The van der Waals surface area contributed by atoms with Crippen molar-refractivity contribution < 1.29 is 19.4 Å². The molecule has 0 atom stereocenters. The monoisotopic (exact) mass is 418 g/mol. The Hall–Kier alpha value is -1.55. The summed E-state index contributed by atoms with van der Waals surface area (Å²) in [5, 5.41) is 11.1. The lowest BCUT2D eigenvalue weighted by Crippen LogP contribution is -2.34. The van der Waals surface area contributed by atoms with Crippen LogP contribution in [0.2, 0.25) is 0 Å². The van der Waals surface area contributed by atoms with Gasteiger partial charge >= 0.3 is 5.97 Å². The Morgan fingerprint density at radius 2 is 1.47 bits per heavy atom. The number of carbonyl (C=O) groups excluding carboxylic acids is 1. The second-order valence-corrected chi connectivity index (χ2v) is 8.82. The van der Waals surface area contributed by atoms with E-state index in [4.69, 9.17) is 9.47 Å². The topological polar surface area (TPSA) is 55.8 Å². The molecule has 0 aromatic heterocycles. The second kappa shape index (κ2) is 13.7. The fourth-order valence-electron chi connectivity index (χ4n) is 4.20. The largest absolute Gasteiger partial charge is 0.494 e. The predicted molar refractivity (Wildman–Crippen MR) is 122 cm³/mol. The van der Waals surface area contributed by atoms with Crippen molar-refractivity contribution in [3.8, 4) is 5.75 Å². The average Bonchev–Trinajstić information content (AvgIpc) is 2.77. The molecule has 2 rings (SSSR count). The highest BCUT2D eigenvalue weighted by Crippen LogP contribution is 2.40. The number of aliphatic hydroxyl groups is 1. The van der Waals surface area contributed by atoms with Gasteiger partial charge in [0, 0.05) is 0 Å². The first kappa shape index (κ1) is 24.7. The minimum absolute atomic E-state index is 0.0773. The zero-order valence-corrected chi connectivity index (χ0v) is 19.2. The molecule has 0 spiro atoms. The van der Waals surface area contributed by atoms with Crippen molar-refractivity contribution in [1.29, 1.82) is 0 Å². The van der Waals surface area contributed by atoms with Crippen LogP contribution < -0.4 is 4.74 Å². The van der Waals surface area contributed by atoms with Gasteiger partial charge < -0.3 is 14.6 Å². The number of benzene rings is 1. The molecule has 30 heavy (non-hydrogen) atoms. The maximum absolute atomic E-state index is 12.4. The highest BCUT2D eigenvalue weighted by molar-refractivity contribution is 5.72. The van der Waals surface area contributed by atoms with Crippen LogP contribution in [0.15, 0.2) is 24.3 Å². The van der Waals surface area contributed by atoms with Crippen LogP contribution in [-0.2, 0) is 15.1 Å². The standard InChI is InChI=1S/C26H42O4/c1-3-5-7-8-9-11-21-30-25(27)22-16-18-26(28,19-17-22)23-12-14-24(15-13-23)29-20-10-6-4-2/h12-15,22,28H,3-11,16-21H2,1-2H3. The molecule has 0 unspecified atom stereocenters. The van der Waals surface area contributed by atoms with E-state index in [0.717, 1.165) is 37.2 Å². The molecule has 1 saturated carbocycles. The molecule has 4 heteroatoms. The first-order valence-electron chi connectivity index (χ1n) is 12.2. The van der Waals surface area contributed by atoms with Gasteiger partial charge in [-0.2, -0.15) is 0 Å². The molecule has 0 saturated heterocycles. The molecule has 0 heterocycles. The molecule has 1 aliphatic rings. The Morgan fingerprint density at radius 1 is 0.900 bits per heavy atom. The maximum Gasteiger partial charge on any atom is 0.308 e. The summed E-state index contributed by atoms with van der Waals surface area (Å²) in [6.45, 7) is 5.66. The highest BCUT2D eigenvalue weighted by Gasteiger charge is 2.37. The summed E-state index contributed by atoms with van der Waals surface area (Å²) < 4.78 is 11.3. The molecule has 1 aliphatic carbocycles. The fraction of sp³-hybridized carbons (Fsp3) is 0.731. The van der Waals surface area contributed by atoms with Crippen molar-refractivity contribution in [2.45, 2.75) is 103 Å². The van der Waals surface area contributed by atoms with E-state index in [1.807, 2.05) is 24.3 Å². The number of carbonyl (C=O) groups is 1. The van der Waals surface area contributed by atoms with Crippen molar-refractivity contribution in [1.82, 2.24) is 0 Å². The number of rotatable bonds is 14. The van der Waals surface area contributed by atoms with Gasteiger partial charge in [0.15, 0.2) is 0 Å². The van der Waals surface area contributed by atoms with Crippen molar-refractivity contribution in [3.05, 3.63) is 29.8 Å². The third kappa shape index (κ3) is 8.29. The van der Waals surface area contributed by atoms with E-state index < -0.39 is 5.60 Å². The molecule has 1 aromatic carbocycles. The fourth-order valence-corrected chi connectivity index (χ4v) is 4.20. The number of esters is 1. The Balaban J connectivity index is 1.69. The van der Waals surface area contributed by atoms with Gasteiger partial charge in [0.1, 0.15) is 5.75 Å². The van der Waals surface area contributed by atoms with Crippen LogP contribution in [-0.4, -0.2) is 24.3 Å². The summed E-state index contributed by atoms with van der Waals surface area (Å²) in [5.41, 5.74) is 0.0684. The molecule has 0 amide bonds. The zero-order chi connectivity index (χ0) is 21.7. The Morgan fingerprint density at radius 3 is 2.13 bits per heavy atom. The molecular formula is C26H42O4. The average molecular weight is 419 g/mol. The summed E-state index contributed by atoms with van der Waals surface area (Å²) in [4.78, 5) is 12.4. The van der Waals surface area contributed by atoms with Crippen molar-refractivity contribution in [2.24, 2.45) is 5.92 Å². The maximum atomic E-state index is 12.4. The first-order chi connectivity index (χ1) is 14.6. The highest BCUT2D eigenvalue weighted by atomic mass is 16.5. The van der Waals surface area contributed by atoms with Crippen LogP contribution in [0.3, 0.4) is 0 Å². The van der Waals surface area contributed by atoms with Crippen molar-refractivity contribution in [2.75, 3.05) is 13.2 Å². The lowest BCUT2D eigenvalue weighted by molar-refractivity contribution is -0.152. The number of ether oxygens (including phenoxy) is 2. The summed E-state index contributed by atoms with van der Waals surface area (Å²) >= 11 is 0. The second-order valence-electron chi connectivity index (χ2n) is 8.82. The summed E-state index contributed by atoms with van der Waals surface area (Å²) in [6.07, 6.45) is 13.1. The lowest BCUT2D eigenvalue weighted by Gasteiger charge is -2.35. The Bertz CT molecular complexity index is 588. The van der Waals surface area contributed by atoms with E-state index in [9.17, 15) is 9.90 Å². The number of hydrogen-bond donors (Lipinski definition) is 1. The third-order valence-electron chi connectivity index (χ3n) is 6.30. The van der Waals surface area contributed by atoms with Gasteiger partial charge in [0.2, 0.25) is 0 Å². The minimum Gasteiger partial charge on any atom is -0.494 e. The molecular weight excluding hydrogens is 376 g/mol. The van der Waals surface area contributed by atoms with E-state index in [1.165, 1.54) is 38.5 Å². The van der Waals surface area contributed by atoms with Crippen molar-refractivity contribution >= 4 is 5.97 Å². The van der Waals surface area contributed by atoms with E-state index in [1.54, 1.807) is 0 Å². The van der Waals surface area contributed by atoms with Gasteiger partial charge in [-0.3, -0.25) is 4.79 Å². The van der Waals surface area contributed by atoms with Gasteiger partial charge in [-0.05, 0) is 56.2 Å². The van der Waals surface area contributed by atoms with Gasteiger partial charge in [-0.15, -0.1) is 0 Å². The first-order valence-corrected chi connectivity index (χ1v) is 12.2. The normalized spacial score (nSPS) is 21.4. The number of hydrogen-bond acceptors (Lipinski definition) is 4. The Labute approximate surface area is 183 Å². The molecule has 4 nitrogen and oxygen atoms in total. The minimum atomic E-state index is -0.850. The van der Waals surface area contributed by atoms with Crippen LogP contribution >= 0.6 is 0 Å². The SMILES string of the molecule is CCCCCCCCOC(=O)C1CCC(O)(c2ccc(OCCCCC)cc2)CC1. The van der Waals surface area contributed by atoms with Gasteiger partial charge in [-0.25, -0.2) is 0 Å². The lowest BCUT2D eigenvalue weighted by atomic mass is 9.75. The molecule has 1 fully saturated rings. The van der Waals surface area contributed by atoms with Crippen LogP contribution in [0.25, 0.3) is 0 Å². The molecule has 170 valence electrons. The smallest absolute Gasteiger partial charge is 0.308 e. The predicted octanol–water partition coefficient (Wildman–Crippen LogP) is 6.54. The van der Waals surface area contributed by atoms with Gasteiger partial charge in [-0.1, -0.05) is 70.9 Å². The van der Waals surface area contributed by atoms with E-state index in [-0.39, 0.29) is 11.9 Å². The molecule has 1 aromatic rings. The summed E-state index contributed by atoms with van der Waals surface area (Å²) in [5.74, 6) is 0.693. The molecule has 0 aliphatic heterocycles. The van der Waals surface area contributed by atoms with Gasteiger partial charge in [0.25, 0.3) is 0 Å². The van der Waals surface area contributed by atoms with E-state index >= 15 is 0 Å². The third-order valence-corrected chi connectivity index (χ3v) is 6.30. The van der Waals surface area contributed by atoms with Crippen LogP contribution in [0.5, 0.6) is 5.75 Å². The van der Waals surface area contributed by atoms with Crippen LogP contribution in [0.4, 0.5) is 0 Å². The van der Waals surface area contributed by atoms with Crippen LogP contribution in [0.1, 0.15) is 103 Å². The quantitative estimate of drug-likeness (QED) is 0.275. The van der Waals surface area contributed by atoms with E-state index in [0.29, 0.717) is 32.3 Å². The molecule has 0 bridgehead atoms. The van der Waals surface area contributed by atoms with E-state index in [2.05, 4.69) is 13.8 Å². The Kier molecular flexibility index (Phi) is 11.3. The zero-order valence-electron chi connectivity index (χ0n) is 19.2. The summed E-state index contributed by atoms with van der Waals surface area (Å²) in [7, 11) is 0. The summed E-state index contributed by atoms with van der Waals surface area (Å²) in [6, 6.07) is 7.82. The van der Waals surface area contributed by atoms with Crippen molar-refractivity contribution in [3.63, 3.8) is 0 Å².